The van der Waals surface area contributed by atoms with Gasteiger partial charge in [0, 0.05) is 22.5 Å². The van der Waals surface area contributed by atoms with Crippen LogP contribution in [0.5, 0.6) is 0 Å². The van der Waals surface area contributed by atoms with Gasteiger partial charge in [-0.3, -0.25) is 10.1 Å². The lowest BCUT2D eigenvalue weighted by molar-refractivity contribution is -0.157. The van der Waals surface area contributed by atoms with Gasteiger partial charge < -0.3 is 9.16 Å². The summed E-state index contributed by atoms with van der Waals surface area (Å²) in [7, 11) is -1.11. The Kier molecular flexibility index (Phi) is 10.0. The van der Waals surface area contributed by atoms with E-state index in [1.54, 1.807) is 26.8 Å². The maximum Gasteiger partial charge on any atom is 0.324 e. The highest BCUT2D eigenvalue weighted by Gasteiger charge is 2.64. The molecule has 1 radical (unpaired) electrons. The van der Waals surface area contributed by atoms with Crippen molar-refractivity contribution >= 4 is 38.2 Å². The number of rotatable bonds is 8. The fraction of sp³-hybridized carbons (Fsp3) is 0.588. The summed E-state index contributed by atoms with van der Waals surface area (Å²) in [5.74, 6) is -3.30. The smallest absolute Gasteiger partial charge is 0.324 e. The van der Waals surface area contributed by atoms with E-state index in [9.17, 15) is 10.1 Å². The summed E-state index contributed by atoms with van der Waals surface area (Å²) in [6.45, 7) is 15.9. The molecule has 0 bridgehead atoms. The van der Waals surface area contributed by atoms with Crippen molar-refractivity contribution in [3.8, 4) is 6.07 Å². The van der Waals surface area contributed by atoms with Crippen LogP contribution in [0.25, 0.3) is 0 Å². The first-order valence-electron chi connectivity index (χ1n) is 15.1. The molecule has 44 heavy (non-hydrogen) atoms. The van der Waals surface area contributed by atoms with Crippen molar-refractivity contribution in [3.05, 3.63) is 69.2 Å². The SMILES string of the molecule is C[Si](C)OC(C(C)(C)C)C1(C[C@@H]2N[C@@H](C(=O)OC(C)(C)C)[C@H](c3cccc(Cl)c3F)[C@@]2(C#N)c2ccc(Cl)cc2F)CCC1. The van der Waals surface area contributed by atoms with E-state index < -0.39 is 55.7 Å². The van der Waals surface area contributed by atoms with Gasteiger partial charge in [0.05, 0.1) is 17.2 Å². The van der Waals surface area contributed by atoms with Crippen LogP contribution in [0.3, 0.4) is 0 Å². The van der Waals surface area contributed by atoms with Crippen LogP contribution in [0.15, 0.2) is 36.4 Å². The van der Waals surface area contributed by atoms with Gasteiger partial charge in [0.15, 0.2) is 0 Å². The molecule has 10 heteroatoms. The molecule has 0 spiro atoms. The minimum atomic E-state index is -1.74. The summed E-state index contributed by atoms with van der Waals surface area (Å²) < 4.78 is 44.6. The summed E-state index contributed by atoms with van der Waals surface area (Å²) in [6, 6.07) is 9.13. The number of halogens is 4. The number of ether oxygens (including phenoxy) is 1. The molecule has 2 fully saturated rings. The highest BCUT2D eigenvalue weighted by Crippen LogP contribution is 2.59. The average molecular weight is 665 g/mol. The van der Waals surface area contributed by atoms with Crippen LogP contribution in [0.1, 0.15) is 84.3 Å². The number of esters is 1. The molecule has 2 aliphatic rings. The lowest BCUT2D eigenvalue weighted by Gasteiger charge is -2.55. The summed E-state index contributed by atoms with van der Waals surface area (Å²) in [6.07, 6.45) is 2.93. The van der Waals surface area contributed by atoms with Crippen molar-refractivity contribution < 1.29 is 22.7 Å². The van der Waals surface area contributed by atoms with E-state index in [1.807, 2.05) is 0 Å². The first kappa shape index (κ1) is 34.8. The van der Waals surface area contributed by atoms with E-state index in [0.717, 1.165) is 25.3 Å². The molecule has 5 nitrogen and oxygen atoms in total. The number of carbonyl (C=O) groups excluding carboxylic acids is 1. The van der Waals surface area contributed by atoms with E-state index in [1.165, 1.54) is 24.3 Å². The number of hydrogen-bond acceptors (Lipinski definition) is 5. The molecule has 2 aromatic carbocycles. The first-order chi connectivity index (χ1) is 20.4. The van der Waals surface area contributed by atoms with E-state index >= 15 is 8.78 Å². The third kappa shape index (κ3) is 6.59. The van der Waals surface area contributed by atoms with Crippen LogP contribution in [0.4, 0.5) is 8.78 Å². The molecule has 1 aliphatic heterocycles. The summed E-state index contributed by atoms with van der Waals surface area (Å²) >= 11 is 12.4. The Hall–Kier alpha value is -2.02. The van der Waals surface area contributed by atoms with Crippen LogP contribution in [-0.2, 0) is 19.4 Å². The van der Waals surface area contributed by atoms with Gasteiger partial charge in [-0.05, 0) is 87.7 Å². The summed E-state index contributed by atoms with van der Waals surface area (Å²) in [4.78, 5) is 14.0. The standard InChI is InChI=1S/C34H43Cl2F2N2O3Si/c1-31(2,3)30(43-44(7)8)33(15-10-16-33)18-25-34(19-39,22-14-13-20(35)17-24(22)37)26(21-11-9-12-23(36)27(21)38)28(40-25)29(41)42-32(4,5)6/h9,11-14,17,25-26,28,30,40H,10,15-16,18H2,1-8H3/t25-,26-,28+,30?,34-/m0/s1. The van der Waals surface area contributed by atoms with Crippen LogP contribution in [-0.4, -0.2) is 38.8 Å². The van der Waals surface area contributed by atoms with Gasteiger partial charge >= 0.3 is 5.97 Å². The van der Waals surface area contributed by atoms with E-state index in [2.05, 4.69) is 45.3 Å². The molecule has 5 atom stereocenters. The Morgan fingerprint density at radius 3 is 2.30 bits per heavy atom. The second-order valence-electron chi connectivity index (χ2n) is 14.6. The van der Waals surface area contributed by atoms with Crippen LogP contribution in [0, 0.1) is 33.8 Å². The zero-order valence-corrected chi connectivity index (χ0v) is 29.3. The molecule has 0 amide bonds. The van der Waals surface area contributed by atoms with Gasteiger partial charge in [-0.2, -0.15) is 5.26 Å². The molecular formula is C34H43Cl2F2N2O3Si. The fourth-order valence-electron chi connectivity index (χ4n) is 7.35. The normalized spacial score (nSPS) is 25.8. The van der Waals surface area contributed by atoms with Crippen LogP contribution < -0.4 is 5.32 Å². The van der Waals surface area contributed by atoms with Gasteiger partial charge in [-0.1, -0.05) is 68.6 Å². The summed E-state index contributed by atoms with van der Waals surface area (Å²) in [5, 5.41) is 14.7. The predicted octanol–water partition coefficient (Wildman–Crippen LogP) is 8.74. The molecule has 0 aromatic heterocycles. The minimum absolute atomic E-state index is 0.0377. The highest BCUT2D eigenvalue weighted by molar-refractivity contribution is 6.48. The van der Waals surface area contributed by atoms with Crippen molar-refractivity contribution in [1.29, 1.82) is 5.26 Å². The van der Waals surface area contributed by atoms with E-state index in [0.29, 0.717) is 6.42 Å². The minimum Gasteiger partial charge on any atom is -0.459 e. The molecule has 1 heterocycles. The molecule has 1 saturated carbocycles. The molecule has 1 saturated heterocycles. The van der Waals surface area contributed by atoms with Gasteiger partial charge in [0.25, 0.3) is 0 Å². The van der Waals surface area contributed by atoms with Crippen LogP contribution in [0.2, 0.25) is 23.1 Å². The van der Waals surface area contributed by atoms with Gasteiger partial charge in [-0.25, -0.2) is 8.78 Å². The lowest BCUT2D eigenvalue weighted by Crippen LogP contribution is -2.56. The van der Waals surface area contributed by atoms with Crippen molar-refractivity contribution in [3.63, 3.8) is 0 Å². The predicted molar refractivity (Wildman–Crippen MR) is 172 cm³/mol. The van der Waals surface area contributed by atoms with Gasteiger partial charge in [-0.15, -0.1) is 0 Å². The van der Waals surface area contributed by atoms with Crippen molar-refractivity contribution in [2.45, 2.75) is 115 Å². The van der Waals surface area contributed by atoms with Gasteiger partial charge in [0.2, 0.25) is 9.04 Å². The fourth-order valence-corrected chi connectivity index (χ4v) is 8.77. The zero-order chi connectivity index (χ0) is 32.8. The van der Waals surface area contributed by atoms with Crippen LogP contribution >= 0.6 is 23.2 Å². The monoisotopic (exact) mass is 663 g/mol. The Labute approximate surface area is 272 Å². The molecule has 1 N–H and O–H groups in total. The first-order valence-corrected chi connectivity index (χ1v) is 18.3. The molecule has 1 aliphatic carbocycles. The number of nitrogens with zero attached hydrogens (tertiary/aromatic N) is 1. The second kappa shape index (κ2) is 12.6. The van der Waals surface area contributed by atoms with Crippen molar-refractivity contribution in [2.75, 3.05) is 0 Å². The van der Waals surface area contributed by atoms with E-state index in [4.69, 9.17) is 32.4 Å². The number of hydrogen-bond donors (Lipinski definition) is 1. The maximum atomic E-state index is 16.1. The largest absolute Gasteiger partial charge is 0.459 e. The Balaban J connectivity index is 2.00. The quantitative estimate of drug-likeness (QED) is 0.226. The Morgan fingerprint density at radius 1 is 1.14 bits per heavy atom. The second-order valence-corrected chi connectivity index (χ2v) is 17.5. The van der Waals surface area contributed by atoms with E-state index in [-0.39, 0.29) is 38.1 Å². The Morgan fingerprint density at radius 2 is 1.80 bits per heavy atom. The topological polar surface area (TPSA) is 71.3 Å². The third-order valence-corrected chi connectivity index (χ3v) is 10.2. The van der Waals surface area contributed by atoms with Gasteiger partial charge in [0.1, 0.15) is 28.7 Å². The number of benzene rings is 2. The number of nitriles is 1. The highest BCUT2D eigenvalue weighted by atomic mass is 35.5. The molecule has 2 aromatic rings. The number of nitrogens with one attached hydrogen (secondary N) is 1. The third-order valence-electron chi connectivity index (χ3n) is 8.95. The molecule has 1 unspecified atom stereocenters. The van der Waals surface area contributed by atoms with Crippen molar-refractivity contribution in [1.82, 2.24) is 5.32 Å². The number of carbonyl (C=O) groups is 1. The molecular weight excluding hydrogens is 621 g/mol. The van der Waals surface area contributed by atoms with Crippen molar-refractivity contribution in [2.24, 2.45) is 10.8 Å². The Bertz CT molecular complexity index is 1430. The molecule has 239 valence electrons. The molecule has 4 rings (SSSR count). The lowest BCUT2D eigenvalue weighted by atomic mass is 9.54. The zero-order valence-electron chi connectivity index (χ0n) is 26.8. The maximum absolute atomic E-state index is 16.1. The average Bonchev–Trinajstić information content (AvgIpc) is 3.19. The summed E-state index contributed by atoms with van der Waals surface area (Å²) in [5.41, 5.74) is -3.11.